The number of hydrogen-bond donors (Lipinski definition) is 2. The van der Waals surface area contributed by atoms with E-state index in [0.29, 0.717) is 10.8 Å². The molecule has 4 nitrogen and oxygen atoms in total. The van der Waals surface area contributed by atoms with Crippen molar-refractivity contribution >= 4 is 23.0 Å². The summed E-state index contributed by atoms with van der Waals surface area (Å²) in [7, 11) is 0. The van der Waals surface area contributed by atoms with Gasteiger partial charge in [-0.05, 0) is 18.1 Å². The van der Waals surface area contributed by atoms with E-state index in [2.05, 4.69) is 27.6 Å². The van der Waals surface area contributed by atoms with Crippen LogP contribution in [-0.2, 0) is 6.42 Å². The largest absolute Gasteiger partial charge is 0.389 e. The number of rotatable bonds is 5. The number of anilines is 1. The summed E-state index contributed by atoms with van der Waals surface area (Å²) in [5, 5.41) is 11.0. The lowest BCUT2D eigenvalue weighted by Crippen LogP contribution is -2.16. The topological polar surface area (TPSA) is 63.8 Å². The van der Waals surface area contributed by atoms with Gasteiger partial charge in [0.05, 0.1) is 11.8 Å². The highest BCUT2D eigenvalue weighted by atomic mass is 32.1. The lowest BCUT2D eigenvalue weighted by atomic mass is 10.1. The summed E-state index contributed by atoms with van der Waals surface area (Å²) in [4.78, 5) is 0.326. The van der Waals surface area contributed by atoms with Crippen LogP contribution < -0.4 is 11.1 Å². The van der Waals surface area contributed by atoms with Gasteiger partial charge in [0, 0.05) is 6.54 Å². The van der Waals surface area contributed by atoms with Gasteiger partial charge >= 0.3 is 0 Å². The van der Waals surface area contributed by atoms with Crippen molar-refractivity contribution in [1.82, 2.24) is 10.2 Å². The third-order valence-corrected chi connectivity index (χ3v) is 2.76. The molecule has 1 heterocycles. The number of nitrogens with one attached hydrogen (secondary N) is 1. The smallest absolute Gasteiger partial charge is 0.158 e. The van der Waals surface area contributed by atoms with Crippen LogP contribution in [-0.4, -0.2) is 21.7 Å². The van der Waals surface area contributed by atoms with Gasteiger partial charge in [-0.3, -0.25) is 0 Å². The molecule has 0 saturated carbocycles. The Balaban J connectivity index is 1.97. The summed E-state index contributed by atoms with van der Waals surface area (Å²) in [6.45, 7) is 0.762. The fraction of sp³-hybridized carbons (Fsp3) is 0.154. The van der Waals surface area contributed by atoms with Crippen LogP contribution in [0.5, 0.6) is 0 Å². The Bertz CT molecular complexity index is 528. The molecule has 18 heavy (non-hydrogen) atoms. The summed E-state index contributed by atoms with van der Waals surface area (Å²) in [5.41, 5.74) is 7.62. The molecule has 0 unspecified atom stereocenters. The van der Waals surface area contributed by atoms with Gasteiger partial charge in [0.15, 0.2) is 5.82 Å². The zero-order valence-electron chi connectivity index (χ0n) is 9.84. The standard InChI is InChI=1S/C13H14N4S/c14-12(18)11-7-9-16-17-13(11)15-8-6-10-4-2-1-3-5-10/h1-5,7,9H,6,8H2,(H2,14,18)(H,15,17). The Labute approximate surface area is 111 Å². The molecule has 0 amide bonds. The Morgan fingerprint density at radius 1 is 1.22 bits per heavy atom. The molecule has 0 atom stereocenters. The number of benzene rings is 1. The Morgan fingerprint density at radius 2 is 2.00 bits per heavy atom. The predicted molar refractivity (Wildman–Crippen MR) is 76.6 cm³/mol. The summed E-state index contributed by atoms with van der Waals surface area (Å²) in [6, 6.07) is 12.0. The van der Waals surface area contributed by atoms with Crippen LogP contribution in [0.15, 0.2) is 42.6 Å². The summed E-state index contributed by atoms with van der Waals surface area (Å²) < 4.78 is 0. The van der Waals surface area contributed by atoms with Crippen LogP contribution in [0.1, 0.15) is 11.1 Å². The van der Waals surface area contributed by atoms with E-state index in [0.717, 1.165) is 18.5 Å². The number of nitrogens with two attached hydrogens (primary N) is 1. The van der Waals surface area contributed by atoms with E-state index in [1.165, 1.54) is 5.56 Å². The highest BCUT2D eigenvalue weighted by Crippen LogP contribution is 2.10. The molecule has 0 saturated heterocycles. The highest BCUT2D eigenvalue weighted by molar-refractivity contribution is 7.80. The molecular formula is C13H14N4S. The minimum absolute atomic E-state index is 0.326. The molecule has 0 spiro atoms. The molecule has 0 aliphatic rings. The molecule has 92 valence electrons. The molecular weight excluding hydrogens is 244 g/mol. The van der Waals surface area contributed by atoms with E-state index >= 15 is 0 Å². The van der Waals surface area contributed by atoms with Gasteiger partial charge in [-0.2, -0.15) is 5.10 Å². The van der Waals surface area contributed by atoms with Crippen LogP contribution in [0.3, 0.4) is 0 Å². The minimum atomic E-state index is 0.326. The van der Waals surface area contributed by atoms with Crippen molar-refractivity contribution in [3.8, 4) is 0 Å². The van der Waals surface area contributed by atoms with Gasteiger partial charge in [-0.1, -0.05) is 42.5 Å². The molecule has 1 aromatic heterocycles. The van der Waals surface area contributed by atoms with Gasteiger partial charge in [0.1, 0.15) is 4.99 Å². The summed E-state index contributed by atoms with van der Waals surface area (Å²) >= 11 is 4.96. The molecule has 3 N–H and O–H groups in total. The average Bonchev–Trinajstić information content (AvgIpc) is 2.40. The minimum Gasteiger partial charge on any atom is -0.389 e. The van der Waals surface area contributed by atoms with Crippen LogP contribution in [0, 0.1) is 0 Å². The van der Waals surface area contributed by atoms with E-state index in [1.807, 2.05) is 18.2 Å². The molecule has 0 fully saturated rings. The van der Waals surface area contributed by atoms with Gasteiger partial charge in [0.25, 0.3) is 0 Å². The van der Waals surface area contributed by atoms with Crippen molar-refractivity contribution in [2.45, 2.75) is 6.42 Å². The van der Waals surface area contributed by atoms with Gasteiger partial charge in [-0.15, -0.1) is 5.10 Å². The van der Waals surface area contributed by atoms with Crippen LogP contribution in [0.25, 0.3) is 0 Å². The fourth-order valence-corrected chi connectivity index (χ4v) is 1.80. The normalized spacial score (nSPS) is 10.0. The van der Waals surface area contributed by atoms with E-state index in [9.17, 15) is 0 Å². The van der Waals surface area contributed by atoms with Crippen LogP contribution in [0.2, 0.25) is 0 Å². The average molecular weight is 258 g/mol. The van der Waals surface area contributed by atoms with E-state index < -0.39 is 0 Å². The molecule has 1 aromatic carbocycles. The third-order valence-electron chi connectivity index (χ3n) is 2.54. The first-order chi connectivity index (χ1) is 8.77. The maximum absolute atomic E-state index is 5.62. The molecule has 0 aliphatic heterocycles. The summed E-state index contributed by atoms with van der Waals surface area (Å²) in [6.07, 6.45) is 2.49. The second-order valence-electron chi connectivity index (χ2n) is 3.82. The van der Waals surface area contributed by atoms with E-state index in [1.54, 1.807) is 12.3 Å². The quantitative estimate of drug-likeness (QED) is 0.800. The monoisotopic (exact) mass is 258 g/mol. The molecule has 2 aromatic rings. The van der Waals surface area contributed by atoms with Crippen LogP contribution in [0.4, 0.5) is 5.82 Å². The first-order valence-electron chi connectivity index (χ1n) is 5.66. The van der Waals surface area contributed by atoms with E-state index in [-0.39, 0.29) is 0 Å². The van der Waals surface area contributed by atoms with Gasteiger partial charge < -0.3 is 11.1 Å². The molecule has 0 radical (unpaired) electrons. The lowest BCUT2D eigenvalue weighted by molar-refractivity contribution is 0.964. The van der Waals surface area contributed by atoms with Crippen molar-refractivity contribution in [2.24, 2.45) is 5.73 Å². The third kappa shape index (κ3) is 3.24. The fourth-order valence-electron chi connectivity index (χ4n) is 1.63. The number of aromatic nitrogens is 2. The second kappa shape index (κ2) is 6.07. The SMILES string of the molecule is NC(=S)c1ccnnc1NCCc1ccccc1. The zero-order chi connectivity index (χ0) is 12.8. The van der Waals surface area contributed by atoms with Crippen molar-refractivity contribution in [2.75, 3.05) is 11.9 Å². The molecule has 2 rings (SSSR count). The van der Waals surface area contributed by atoms with Gasteiger partial charge in [-0.25, -0.2) is 0 Å². The molecule has 5 heteroatoms. The predicted octanol–water partition coefficient (Wildman–Crippen LogP) is 1.77. The zero-order valence-corrected chi connectivity index (χ0v) is 10.7. The Morgan fingerprint density at radius 3 is 2.72 bits per heavy atom. The number of thiocarbonyl (C=S) groups is 1. The Kier molecular flexibility index (Phi) is 4.20. The highest BCUT2D eigenvalue weighted by Gasteiger charge is 2.05. The number of nitrogens with zero attached hydrogens (tertiary/aromatic N) is 2. The summed E-state index contributed by atoms with van der Waals surface area (Å²) in [5.74, 6) is 0.640. The van der Waals surface area contributed by atoms with E-state index in [4.69, 9.17) is 18.0 Å². The molecule has 0 aliphatic carbocycles. The second-order valence-corrected chi connectivity index (χ2v) is 4.26. The van der Waals surface area contributed by atoms with Crippen molar-refractivity contribution in [3.63, 3.8) is 0 Å². The maximum Gasteiger partial charge on any atom is 0.158 e. The first-order valence-corrected chi connectivity index (χ1v) is 6.07. The maximum atomic E-state index is 5.62. The number of hydrogen-bond acceptors (Lipinski definition) is 4. The van der Waals surface area contributed by atoms with Crippen molar-refractivity contribution in [3.05, 3.63) is 53.7 Å². The lowest BCUT2D eigenvalue weighted by Gasteiger charge is -2.08. The van der Waals surface area contributed by atoms with Crippen molar-refractivity contribution < 1.29 is 0 Å². The van der Waals surface area contributed by atoms with Gasteiger partial charge in [0.2, 0.25) is 0 Å². The molecule has 0 bridgehead atoms. The van der Waals surface area contributed by atoms with Crippen molar-refractivity contribution in [1.29, 1.82) is 0 Å². The Hall–Kier alpha value is -2.01. The van der Waals surface area contributed by atoms with Crippen LogP contribution >= 0.6 is 12.2 Å². The first kappa shape index (κ1) is 12.4.